The first-order valence-electron chi connectivity index (χ1n) is 12.5. The molecule has 0 saturated carbocycles. The number of amides is 1. The van der Waals surface area contributed by atoms with E-state index in [2.05, 4.69) is 33.5 Å². The van der Waals surface area contributed by atoms with Crippen LogP contribution in [0.1, 0.15) is 46.9 Å². The number of hydrogen-bond acceptors (Lipinski definition) is 6. The highest BCUT2D eigenvalue weighted by molar-refractivity contribution is 6.06. The van der Waals surface area contributed by atoms with Gasteiger partial charge in [-0.05, 0) is 57.6 Å². The highest BCUT2D eigenvalue weighted by Crippen LogP contribution is 2.39. The monoisotopic (exact) mass is 500 g/mol. The lowest BCUT2D eigenvalue weighted by atomic mass is 9.91. The van der Waals surface area contributed by atoms with E-state index >= 15 is 0 Å². The molecule has 0 bridgehead atoms. The number of nitrogens with zero attached hydrogens (tertiary/aromatic N) is 4. The minimum Gasteiger partial charge on any atom is -0.371 e. The Morgan fingerprint density at radius 1 is 1.24 bits per heavy atom. The molecule has 9 heteroatoms. The number of ether oxygens (including phenoxy) is 1. The fraction of sp³-hybridized carbons (Fsp3) is 0.321. The molecule has 2 N–H and O–H groups in total. The lowest BCUT2D eigenvalue weighted by molar-refractivity contribution is 0.0154. The summed E-state index contributed by atoms with van der Waals surface area (Å²) in [4.78, 5) is 24.3. The first-order valence-corrected chi connectivity index (χ1v) is 12.5. The van der Waals surface area contributed by atoms with Crippen LogP contribution in [0.25, 0.3) is 16.9 Å². The molecule has 190 valence electrons. The average molecular weight is 501 g/mol. The number of carbonyl (C=O) groups is 1. The molecule has 2 aliphatic heterocycles. The van der Waals surface area contributed by atoms with Crippen LogP contribution in [0.3, 0.4) is 0 Å². The Morgan fingerprint density at radius 2 is 2.11 bits per heavy atom. The van der Waals surface area contributed by atoms with Gasteiger partial charge in [-0.25, -0.2) is 14.4 Å². The molecule has 37 heavy (non-hydrogen) atoms. The summed E-state index contributed by atoms with van der Waals surface area (Å²) in [5.74, 6) is 0.185. The van der Waals surface area contributed by atoms with Crippen LogP contribution in [0.4, 0.5) is 15.9 Å². The van der Waals surface area contributed by atoms with E-state index < -0.39 is 0 Å². The topological polar surface area (TPSA) is 83.8 Å². The van der Waals surface area contributed by atoms with Crippen LogP contribution >= 0.6 is 0 Å². The minimum absolute atomic E-state index is 0.142. The third kappa shape index (κ3) is 4.14. The fourth-order valence-electron chi connectivity index (χ4n) is 5.45. The molecule has 1 saturated heterocycles. The second-order valence-corrected chi connectivity index (χ2v) is 10.1. The highest BCUT2D eigenvalue weighted by atomic mass is 19.1. The number of hydrogen-bond donors (Lipinski definition) is 2. The smallest absolute Gasteiger partial charge is 0.254 e. The zero-order chi connectivity index (χ0) is 25.7. The first-order chi connectivity index (χ1) is 17.8. The lowest BCUT2D eigenvalue weighted by Gasteiger charge is -2.27. The molecule has 4 aromatic rings. The normalized spacial score (nSPS) is 19.0. The van der Waals surface area contributed by atoms with Crippen molar-refractivity contribution in [2.45, 2.75) is 38.5 Å². The number of rotatable bonds is 6. The van der Waals surface area contributed by atoms with Crippen molar-refractivity contribution in [1.82, 2.24) is 24.6 Å². The molecule has 1 atom stereocenters. The van der Waals surface area contributed by atoms with Gasteiger partial charge in [0.1, 0.15) is 17.3 Å². The Labute approximate surface area is 214 Å². The maximum absolute atomic E-state index is 13.7. The van der Waals surface area contributed by atoms with Crippen LogP contribution < -0.4 is 10.6 Å². The van der Waals surface area contributed by atoms with E-state index in [-0.39, 0.29) is 17.3 Å². The van der Waals surface area contributed by atoms with Crippen LogP contribution in [0.2, 0.25) is 0 Å². The predicted octanol–water partition coefficient (Wildman–Crippen LogP) is 4.61. The van der Waals surface area contributed by atoms with Gasteiger partial charge in [-0.1, -0.05) is 12.1 Å². The molecule has 0 aliphatic carbocycles. The van der Waals surface area contributed by atoms with Gasteiger partial charge in [-0.3, -0.25) is 9.20 Å². The standard InChI is InChI=1S/C28H29FN6O2/c1-28(10-4-12-37-28)20-6-8-24(33-22(20)16-34(2)3)32-21-7-5-18(19-14-31-27(36)26(19)21)23-15-30-25-13-17(29)9-11-35(23)25/h5-9,11,13,15H,4,10,12,14,16H2,1-3H3,(H,31,36)(H,32,33)/t28-/m1/s1. The van der Waals surface area contributed by atoms with Crippen molar-refractivity contribution in [1.29, 1.82) is 0 Å². The molecule has 3 aromatic heterocycles. The molecule has 1 fully saturated rings. The zero-order valence-corrected chi connectivity index (χ0v) is 21.1. The Balaban J connectivity index is 1.39. The van der Waals surface area contributed by atoms with Gasteiger partial charge in [0, 0.05) is 43.1 Å². The maximum atomic E-state index is 13.7. The van der Waals surface area contributed by atoms with Crippen LogP contribution in [0, 0.1) is 5.82 Å². The minimum atomic E-state index is -0.341. The number of benzene rings is 1. The van der Waals surface area contributed by atoms with E-state index in [4.69, 9.17) is 9.72 Å². The van der Waals surface area contributed by atoms with E-state index in [0.29, 0.717) is 35.8 Å². The summed E-state index contributed by atoms with van der Waals surface area (Å²) in [5, 5.41) is 6.34. The Bertz CT molecular complexity index is 1520. The molecule has 0 unspecified atom stereocenters. The van der Waals surface area contributed by atoms with Gasteiger partial charge in [-0.2, -0.15) is 0 Å². The largest absolute Gasteiger partial charge is 0.371 e. The Morgan fingerprint density at radius 3 is 2.89 bits per heavy atom. The number of nitrogens with one attached hydrogen (secondary N) is 2. The van der Waals surface area contributed by atoms with Gasteiger partial charge in [0.2, 0.25) is 0 Å². The van der Waals surface area contributed by atoms with Gasteiger partial charge < -0.3 is 20.3 Å². The zero-order valence-electron chi connectivity index (χ0n) is 21.1. The molecule has 0 radical (unpaired) electrons. The molecule has 1 aromatic carbocycles. The lowest BCUT2D eigenvalue weighted by Crippen LogP contribution is -2.25. The Hall–Kier alpha value is -3.82. The van der Waals surface area contributed by atoms with Crippen molar-refractivity contribution in [2.75, 3.05) is 26.0 Å². The number of halogens is 1. The van der Waals surface area contributed by atoms with Crippen molar-refractivity contribution >= 4 is 23.1 Å². The van der Waals surface area contributed by atoms with Crippen LogP contribution in [0.15, 0.2) is 48.8 Å². The number of pyridine rings is 2. The van der Waals surface area contributed by atoms with Gasteiger partial charge in [-0.15, -0.1) is 0 Å². The van der Waals surface area contributed by atoms with E-state index in [1.165, 1.54) is 12.1 Å². The summed E-state index contributed by atoms with van der Waals surface area (Å²) >= 11 is 0. The third-order valence-corrected chi connectivity index (χ3v) is 7.21. The highest BCUT2D eigenvalue weighted by Gasteiger charge is 2.34. The SMILES string of the molecule is CN(C)Cc1nc(Nc2ccc(-c3cnc4cc(F)ccn34)c3c2C(=O)NC3)ccc1[C@@]1(C)CCCO1. The summed E-state index contributed by atoms with van der Waals surface area (Å²) in [6.07, 6.45) is 5.36. The number of fused-ring (bicyclic) bond motifs is 2. The van der Waals surface area contributed by atoms with Gasteiger partial charge in [0.25, 0.3) is 5.91 Å². The molecule has 2 aliphatic rings. The molecule has 5 heterocycles. The van der Waals surface area contributed by atoms with Crippen LogP contribution in [0.5, 0.6) is 0 Å². The van der Waals surface area contributed by atoms with Crippen molar-refractivity contribution < 1.29 is 13.9 Å². The van der Waals surface area contributed by atoms with Gasteiger partial charge >= 0.3 is 0 Å². The summed E-state index contributed by atoms with van der Waals surface area (Å²) in [5.41, 5.74) is 6.06. The molecule has 1 amide bonds. The van der Waals surface area contributed by atoms with E-state index in [9.17, 15) is 9.18 Å². The van der Waals surface area contributed by atoms with Crippen molar-refractivity contribution in [3.63, 3.8) is 0 Å². The fourth-order valence-corrected chi connectivity index (χ4v) is 5.45. The molecular formula is C28H29FN6O2. The van der Waals surface area contributed by atoms with Crippen LogP contribution in [-0.4, -0.2) is 45.9 Å². The third-order valence-electron chi connectivity index (χ3n) is 7.21. The summed E-state index contributed by atoms with van der Waals surface area (Å²) < 4.78 is 21.6. The van der Waals surface area contributed by atoms with E-state index in [0.717, 1.165) is 47.5 Å². The number of anilines is 2. The maximum Gasteiger partial charge on any atom is 0.254 e. The average Bonchev–Trinajstić information content (AvgIpc) is 3.58. The summed E-state index contributed by atoms with van der Waals surface area (Å²) in [6, 6.07) is 10.7. The Kier molecular flexibility index (Phi) is 5.69. The molecule has 0 spiro atoms. The number of imidazole rings is 1. The number of aromatic nitrogens is 3. The van der Waals surface area contributed by atoms with Crippen molar-refractivity contribution in [2.24, 2.45) is 0 Å². The second-order valence-electron chi connectivity index (χ2n) is 10.1. The summed E-state index contributed by atoms with van der Waals surface area (Å²) in [7, 11) is 4.04. The van der Waals surface area contributed by atoms with E-state index in [1.54, 1.807) is 12.4 Å². The van der Waals surface area contributed by atoms with Crippen molar-refractivity contribution in [3.8, 4) is 11.3 Å². The van der Waals surface area contributed by atoms with Gasteiger partial charge in [0.05, 0.1) is 34.4 Å². The molecule has 8 nitrogen and oxygen atoms in total. The molecule has 6 rings (SSSR count). The second kappa shape index (κ2) is 8.93. The first kappa shape index (κ1) is 23.6. The number of carbonyl (C=O) groups excluding carboxylic acids is 1. The van der Waals surface area contributed by atoms with E-state index in [1.807, 2.05) is 36.7 Å². The summed E-state index contributed by atoms with van der Waals surface area (Å²) in [6.45, 7) is 3.97. The molecular weight excluding hydrogens is 471 g/mol. The van der Waals surface area contributed by atoms with Crippen molar-refractivity contribution in [3.05, 3.63) is 77.0 Å². The van der Waals surface area contributed by atoms with Gasteiger partial charge in [0.15, 0.2) is 0 Å². The predicted molar refractivity (Wildman–Crippen MR) is 139 cm³/mol. The van der Waals surface area contributed by atoms with Crippen LogP contribution in [-0.2, 0) is 23.4 Å². The quantitative estimate of drug-likeness (QED) is 0.402.